The second kappa shape index (κ2) is 8.71. The molecule has 1 aliphatic carbocycles. The molecule has 2 rings (SSSR count). The van der Waals surface area contributed by atoms with E-state index in [-0.39, 0.29) is 29.7 Å². The molecule has 1 saturated carbocycles. The van der Waals surface area contributed by atoms with Crippen LogP contribution in [-0.4, -0.2) is 50.2 Å². The summed E-state index contributed by atoms with van der Waals surface area (Å²) >= 11 is 0. The van der Waals surface area contributed by atoms with Gasteiger partial charge in [0.2, 0.25) is 0 Å². The number of carbonyl (C=O) groups excluding carboxylic acids is 1. The maximum absolute atomic E-state index is 12.0. The van der Waals surface area contributed by atoms with Gasteiger partial charge in [-0.2, -0.15) is 0 Å². The number of alkyl carbamates (subject to hydrolysis) is 1. The summed E-state index contributed by atoms with van der Waals surface area (Å²) in [7, 11) is -2.85. The third kappa shape index (κ3) is 7.52. The monoisotopic (exact) mass is 374 g/mol. The molecule has 1 unspecified atom stereocenters. The fourth-order valence-electron chi connectivity index (χ4n) is 3.77. The SMILES string of the molecule is CC(C)(C)OC(=O)NCC(NC1CCS(=O)(=O)CC1)C1CCCCC1. The molecular weight excluding hydrogens is 340 g/mol. The van der Waals surface area contributed by atoms with Crippen LogP contribution in [0.1, 0.15) is 65.7 Å². The van der Waals surface area contributed by atoms with Gasteiger partial charge in [0.25, 0.3) is 0 Å². The zero-order valence-electron chi connectivity index (χ0n) is 15.8. The minimum Gasteiger partial charge on any atom is -0.444 e. The lowest BCUT2D eigenvalue weighted by molar-refractivity contribution is 0.0514. The van der Waals surface area contributed by atoms with E-state index in [1.807, 2.05) is 20.8 Å². The van der Waals surface area contributed by atoms with Gasteiger partial charge < -0.3 is 15.4 Å². The predicted molar refractivity (Wildman–Crippen MR) is 99.4 cm³/mol. The van der Waals surface area contributed by atoms with E-state index < -0.39 is 15.4 Å². The Morgan fingerprint density at radius 1 is 1.08 bits per heavy atom. The lowest BCUT2D eigenvalue weighted by Crippen LogP contribution is -2.52. The van der Waals surface area contributed by atoms with Crippen LogP contribution in [0.25, 0.3) is 0 Å². The predicted octanol–water partition coefficient (Wildman–Crippen LogP) is 2.63. The second-order valence-electron chi connectivity index (χ2n) is 8.48. The largest absolute Gasteiger partial charge is 0.444 e. The summed E-state index contributed by atoms with van der Waals surface area (Å²) in [4.78, 5) is 12.0. The van der Waals surface area contributed by atoms with Gasteiger partial charge in [-0.1, -0.05) is 19.3 Å². The van der Waals surface area contributed by atoms with Crippen LogP contribution in [0.5, 0.6) is 0 Å². The molecule has 0 aromatic carbocycles. The van der Waals surface area contributed by atoms with E-state index in [0.717, 1.165) is 0 Å². The van der Waals surface area contributed by atoms with Crippen LogP contribution in [0.4, 0.5) is 4.79 Å². The summed E-state index contributed by atoms with van der Waals surface area (Å²) in [5, 5.41) is 6.55. The topological polar surface area (TPSA) is 84.5 Å². The Hall–Kier alpha value is -0.820. The molecule has 1 aliphatic heterocycles. The maximum atomic E-state index is 12.0. The summed E-state index contributed by atoms with van der Waals surface area (Å²) < 4.78 is 28.6. The van der Waals surface area contributed by atoms with E-state index in [0.29, 0.717) is 25.3 Å². The molecule has 2 aliphatic rings. The van der Waals surface area contributed by atoms with Gasteiger partial charge in [-0.25, -0.2) is 13.2 Å². The van der Waals surface area contributed by atoms with Crippen molar-refractivity contribution in [3.63, 3.8) is 0 Å². The molecule has 1 amide bonds. The van der Waals surface area contributed by atoms with Crippen molar-refractivity contribution in [3.8, 4) is 0 Å². The van der Waals surface area contributed by atoms with E-state index in [9.17, 15) is 13.2 Å². The standard InChI is InChI=1S/C18H34N2O4S/c1-18(2,3)24-17(21)19-13-16(14-7-5-4-6-8-14)20-15-9-11-25(22,23)12-10-15/h14-16,20H,4-13H2,1-3H3,(H,19,21). The highest BCUT2D eigenvalue weighted by Crippen LogP contribution is 2.27. The molecule has 1 heterocycles. The Balaban J connectivity index is 1.90. The first-order chi connectivity index (χ1) is 11.6. The number of rotatable bonds is 5. The first-order valence-corrected chi connectivity index (χ1v) is 11.4. The van der Waals surface area contributed by atoms with Gasteiger partial charge in [-0.3, -0.25) is 0 Å². The summed E-state index contributed by atoms with van der Waals surface area (Å²) in [6, 6.07) is 0.398. The number of hydrogen-bond donors (Lipinski definition) is 2. The van der Waals surface area contributed by atoms with Crippen LogP contribution in [0.15, 0.2) is 0 Å². The maximum Gasteiger partial charge on any atom is 0.407 e. The quantitative estimate of drug-likeness (QED) is 0.773. The molecule has 1 saturated heterocycles. The smallest absolute Gasteiger partial charge is 0.407 e. The van der Waals surface area contributed by atoms with Crippen LogP contribution in [0, 0.1) is 5.92 Å². The summed E-state index contributed by atoms with van der Waals surface area (Å²) in [6.45, 7) is 6.09. The minimum atomic E-state index is -2.85. The zero-order valence-corrected chi connectivity index (χ0v) is 16.7. The van der Waals surface area contributed by atoms with Crippen molar-refractivity contribution >= 4 is 15.9 Å². The van der Waals surface area contributed by atoms with E-state index in [1.165, 1.54) is 32.1 Å². The fraction of sp³-hybridized carbons (Fsp3) is 0.944. The first kappa shape index (κ1) is 20.5. The Morgan fingerprint density at radius 3 is 2.24 bits per heavy atom. The number of sulfone groups is 1. The zero-order chi connectivity index (χ0) is 18.5. The molecule has 7 heteroatoms. The molecular formula is C18H34N2O4S. The molecule has 0 aromatic heterocycles. The molecule has 2 N–H and O–H groups in total. The third-order valence-corrected chi connectivity index (χ3v) is 6.80. The first-order valence-electron chi connectivity index (χ1n) is 9.58. The summed E-state index contributed by atoms with van der Waals surface area (Å²) in [5.74, 6) is 1.06. The highest BCUT2D eigenvalue weighted by Gasteiger charge is 2.30. The molecule has 146 valence electrons. The summed E-state index contributed by atoms with van der Waals surface area (Å²) in [5.41, 5.74) is -0.504. The highest BCUT2D eigenvalue weighted by molar-refractivity contribution is 7.91. The molecule has 6 nitrogen and oxygen atoms in total. The average molecular weight is 375 g/mol. The second-order valence-corrected chi connectivity index (χ2v) is 10.8. The van der Waals surface area contributed by atoms with Crippen LogP contribution in [-0.2, 0) is 14.6 Å². The molecule has 0 spiro atoms. The molecule has 25 heavy (non-hydrogen) atoms. The molecule has 2 fully saturated rings. The number of nitrogens with one attached hydrogen (secondary N) is 2. The number of hydrogen-bond acceptors (Lipinski definition) is 5. The van der Waals surface area contributed by atoms with Crippen molar-refractivity contribution in [2.24, 2.45) is 5.92 Å². The van der Waals surface area contributed by atoms with E-state index >= 15 is 0 Å². The van der Waals surface area contributed by atoms with E-state index in [1.54, 1.807) is 0 Å². The van der Waals surface area contributed by atoms with Gasteiger partial charge in [0.05, 0.1) is 11.5 Å². The van der Waals surface area contributed by atoms with Crippen molar-refractivity contribution in [2.75, 3.05) is 18.1 Å². The lowest BCUT2D eigenvalue weighted by atomic mass is 9.83. The molecule has 0 aromatic rings. The van der Waals surface area contributed by atoms with E-state index in [2.05, 4.69) is 10.6 Å². The Labute approximate surface area is 152 Å². The van der Waals surface area contributed by atoms with Gasteiger partial charge in [-0.15, -0.1) is 0 Å². The van der Waals surface area contributed by atoms with Crippen LogP contribution in [0.2, 0.25) is 0 Å². The van der Waals surface area contributed by atoms with Crippen molar-refractivity contribution in [2.45, 2.75) is 83.4 Å². The summed E-state index contributed by atoms with van der Waals surface area (Å²) in [6.07, 6.45) is 7.02. The molecule has 0 bridgehead atoms. The normalized spacial score (nSPS) is 23.8. The lowest BCUT2D eigenvalue weighted by Gasteiger charge is -2.35. The van der Waals surface area contributed by atoms with Gasteiger partial charge in [0.15, 0.2) is 0 Å². The van der Waals surface area contributed by atoms with Crippen molar-refractivity contribution in [1.82, 2.24) is 10.6 Å². The number of amides is 1. The van der Waals surface area contributed by atoms with Gasteiger partial charge >= 0.3 is 6.09 Å². The van der Waals surface area contributed by atoms with Crippen LogP contribution in [0.3, 0.4) is 0 Å². The number of ether oxygens (including phenoxy) is 1. The molecule has 1 atom stereocenters. The highest BCUT2D eigenvalue weighted by atomic mass is 32.2. The fourth-order valence-corrected chi connectivity index (χ4v) is 5.26. The minimum absolute atomic E-state index is 0.179. The van der Waals surface area contributed by atoms with Gasteiger partial charge in [-0.05, 0) is 52.4 Å². The Morgan fingerprint density at radius 2 is 1.68 bits per heavy atom. The van der Waals surface area contributed by atoms with Gasteiger partial charge in [0, 0.05) is 18.6 Å². The van der Waals surface area contributed by atoms with Crippen molar-refractivity contribution in [3.05, 3.63) is 0 Å². The van der Waals surface area contributed by atoms with Crippen molar-refractivity contribution < 1.29 is 17.9 Å². The van der Waals surface area contributed by atoms with E-state index in [4.69, 9.17) is 4.74 Å². The Bertz CT molecular complexity index is 522. The Kier molecular flexibility index (Phi) is 7.14. The number of carbonyl (C=O) groups is 1. The van der Waals surface area contributed by atoms with Gasteiger partial charge in [0.1, 0.15) is 15.4 Å². The molecule has 0 radical (unpaired) electrons. The van der Waals surface area contributed by atoms with Crippen LogP contribution < -0.4 is 10.6 Å². The third-order valence-electron chi connectivity index (χ3n) is 5.09. The average Bonchev–Trinajstić information content (AvgIpc) is 2.52. The van der Waals surface area contributed by atoms with Crippen LogP contribution >= 0.6 is 0 Å². The van der Waals surface area contributed by atoms with Crippen molar-refractivity contribution in [1.29, 1.82) is 0 Å².